The Bertz CT molecular complexity index is 657. The molecule has 1 heterocycles. The molecular weight excluding hydrogens is 302 g/mol. The van der Waals surface area contributed by atoms with Gasteiger partial charge < -0.3 is 20.1 Å². The maximum atomic E-state index is 12.4. The van der Waals surface area contributed by atoms with E-state index in [2.05, 4.69) is 4.98 Å². The molecule has 22 heavy (non-hydrogen) atoms. The van der Waals surface area contributed by atoms with Crippen LogP contribution in [0, 0.1) is 0 Å². The van der Waals surface area contributed by atoms with E-state index < -0.39 is 0 Å². The quantitative estimate of drug-likeness (QED) is 0.879. The zero-order chi connectivity index (χ0) is 16.1. The Labute approximate surface area is 133 Å². The van der Waals surface area contributed by atoms with Crippen molar-refractivity contribution in [2.75, 3.05) is 21.3 Å². The number of thiazole rings is 1. The number of carbonyl (C=O) groups is 1. The van der Waals surface area contributed by atoms with E-state index in [4.69, 9.17) is 15.2 Å². The van der Waals surface area contributed by atoms with E-state index in [1.807, 2.05) is 12.1 Å². The first kappa shape index (κ1) is 16.3. The van der Waals surface area contributed by atoms with Crippen molar-refractivity contribution < 1.29 is 14.3 Å². The SMILES string of the molecule is COc1ccc(CN(C)C(=O)c2csc(CN)n2)c(OC)c1. The summed E-state index contributed by atoms with van der Waals surface area (Å²) in [6, 6.07) is 5.52. The Morgan fingerprint density at radius 2 is 2.14 bits per heavy atom. The summed E-state index contributed by atoms with van der Waals surface area (Å²) < 4.78 is 10.5. The lowest BCUT2D eigenvalue weighted by atomic mass is 10.1. The molecule has 0 unspecified atom stereocenters. The molecule has 118 valence electrons. The van der Waals surface area contributed by atoms with Crippen molar-refractivity contribution in [2.45, 2.75) is 13.1 Å². The average Bonchev–Trinajstić information content (AvgIpc) is 3.03. The molecule has 6 nitrogen and oxygen atoms in total. The molecule has 1 aromatic carbocycles. The van der Waals surface area contributed by atoms with Gasteiger partial charge in [-0.2, -0.15) is 0 Å². The third-order valence-electron chi connectivity index (χ3n) is 3.19. The van der Waals surface area contributed by atoms with Crippen LogP contribution < -0.4 is 15.2 Å². The van der Waals surface area contributed by atoms with Crippen molar-refractivity contribution in [1.82, 2.24) is 9.88 Å². The van der Waals surface area contributed by atoms with Crippen molar-refractivity contribution >= 4 is 17.2 Å². The molecule has 0 radical (unpaired) electrons. The number of nitrogens with zero attached hydrogens (tertiary/aromatic N) is 2. The predicted octanol–water partition coefficient (Wildman–Crippen LogP) is 1.89. The average molecular weight is 321 g/mol. The number of carbonyl (C=O) groups excluding carboxylic acids is 1. The molecular formula is C15H19N3O3S. The number of hydrogen-bond donors (Lipinski definition) is 1. The second-order valence-electron chi connectivity index (χ2n) is 4.67. The number of rotatable bonds is 6. The summed E-state index contributed by atoms with van der Waals surface area (Å²) in [5.41, 5.74) is 6.84. The molecule has 1 aromatic heterocycles. The second-order valence-corrected chi connectivity index (χ2v) is 5.61. The fraction of sp³-hybridized carbons (Fsp3) is 0.333. The summed E-state index contributed by atoms with van der Waals surface area (Å²) in [6.45, 7) is 0.759. The van der Waals surface area contributed by atoms with Crippen LogP contribution in [0.3, 0.4) is 0 Å². The van der Waals surface area contributed by atoms with Gasteiger partial charge in [-0.3, -0.25) is 4.79 Å². The summed E-state index contributed by atoms with van der Waals surface area (Å²) in [5.74, 6) is 1.25. The second kappa shape index (κ2) is 7.24. The van der Waals surface area contributed by atoms with Crippen LogP contribution in [0.5, 0.6) is 11.5 Å². The predicted molar refractivity (Wildman–Crippen MR) is 85.3 cm³/mol. The summed E-state index contributed by atoms with van der Waals surface area (Å²) in [7, 11) is 4.92. The first-order chi connectivity index (χ1) is 10.6. The normalized spacial score (nSPS) is 10.4. The highest BCUT2D eigenvalue weighted by atomic mass is 32.1. The lowest BCUT2D eigenvalue weighted by Gasteiger charge is -2.18. The van der Waals surface area contributed by atoms with Crippen LogP contribution >= 0.6 is 11.3 Å². The van der Waals surface area contributed by atoms with E-state index in [0.717, 1.165) is 10.6 Å². The van der Waals surface area contributed by atoms with Crippen LogP contribution in [0.4, 0.5) is 0 Å². The van der Waals surface area contributed by atoms with E-state index in [-0.39, 0.29) is 5.91 Å². The maximum Gasteiger partial charge on any atom is 0.273 e. The van der Waals surface area contributed by atoms with Gasteiger partial charge in [0.1, 0.15) is 22.2 Å². The van der Waals surface area contributed by atoms with Crippen LogP contribution in [0.2, 0.25) is 0 Å². The minimum absolute atomic E-state index is 0.145. The number of ether oxygens (including phenoxy) is 2. The highest BCUT2D eigenvalue weighted by Crippen LogP contribution is 2.25. The van der Waals surface area contributed by atoms with Gasteiger partial charge in [0, 0.05) is 37.1 Å². The zero-order valence-corrected chi connectivity index (χ0v) is 13.6. The number of nitrogens with two attached hydrogens (primary N) is 1. The smallest absolute Gasteiger partial charge is 0.273 e. The van der Waals surface area contributed by atoms with Crippen LogP contribution in [0.1, 0.15) is 21.1 Å². The number of aromatic nitrogens is 1. The Morgan fingerprint density at radius 1 is 1.36 bits per heavy atom. The van der Waals surface area contributed by atoms with Crippen LogP contribution in [-0.2, 0) is 13.1 Å². The minimum Gasteiger partial charge on any atom is -0.497 e. The van der Waals surface area contributed by atoms with Gasteiger partial charge >= 0.3 is 0 Å². The standard InChI is InChI=1S/C15H19N3O3S/c1-18(15(19)12-9-22-14(7-16)17-12)8-10-4-5-11(20-2)6-13(10)21-3/h4-6,9H,7-8,16H2,1-3H3. The van der Waals surface area contributed by atoms with Crippen LogP contribution in [0.25, 0.3) is 0 Å². The van der Waals surface area contributed by atoms with Crippen molar-refractivity contribution in [1.29, 1.82) is 0 Å². The fourth-order valence-corrected chi connectivity index (χ4v) is 2.66. The molecule has 2 aromatic rings. The molecule has 0 aliphatic rings. The topological polar surface area (TPSA) is 77.7 Å². The third-order valence-corrected chi connectivity index (χ3v) is 4.07. The van der Waals surface area contributed by atoms with Crippen LogP contribution in [0.15, 0.2) is 23.6 Å². The van der Waals surface area contributed by atoms with Gasteiger partial charge in [0.25, 0.3) is 5.91 Å². The molecule has 2 rings (SSSR count). The van der Waals surface area contributed by atoms with Gasteiger partial charge in [-0.25, -0.2) is 4.98 Å². The van der Waals surface area contributed by atoms with E-state index in [0.29, 0.717) is 30.3 Å². The lowest BCUT2D eigenvalue weighted by Crippen LogP contribution is -2.26. The van der Waals surface area contributed by atoms with Crippen molar-refractivity contribution in [3.8, 4) is 11.5 Å². The summed E-state index contributed by atoms with van der Waals surface area (Å²) in [5, 5.41) is 2.48. The van der Waals surface area contributed by atoms with Gasteiger partial charge in [0.05, 0.1) is 14.2 Å². The Morgan fingerprint density at radius 3 is 2.73 bits per heavy atom. The van der Waals surface area contributed by atoms with Gasteiger partial charge in [0.2, 0.25) is 0 Å². The van der Waals surface area contributed by atoms with Gasteiger partial charge in [-0.1, -0.05) is 0 Å². The molecule has 0 atom stereocenters. The first-order valence-electron chi connectivity index (χ1n) is 6.70. The molecule has 0 bridgehead atoms. The maximum absolute atomic E-state index is 12.4. The highest BCUT2D eigenvalue weighted by molar-refractivity contribution is 7.09. The molecule has 0 fully saturated rings. The van der Waals surface area contributed by atoms with Crippen molar-refractivity contribution in [3.05, 3.63) is 39.8 Å². The Balaban J connectivity index is 2.14. The molecule has 0 saturated carbocycles. The Hall–Kier alpha value is -2.12. The largest absolute Gasteiger partial charge is 0.497 e. The van der Waals surface area contributed by atoms with Gasteiger partial charge in [-0.05, 0) is 12.1 Å². The number of benzene rings is 1. The molecule has 0 spiro atoms. The summed E-state index contributed by atoms with van der Waals surface area (Å²) in [6.07, 6.45) is 0. The fourth-order valence-electron chi connectivity index (χ4n) is 2.01. The molecule has 0 aliphatic heterocycles. The van der Waals surface area contributed by atoms with Crippen molar-refractivity contribution in [2.24, 2.45) is 5.73 Å². The summed E-state index contributed by atoms with van der Waals surface area (Å²) >= 11 is 1.39. The van der Waals surface area contributed by atoms with E-state index in [9.17, 15) is 4.79 Å². The van der Waals surface area contributed by atoms with Crippen molar-refractivity contribution in [3.63, 3.8) is 0 Å². The monoisotopic (exact) mass is 321 g/mol. The minimum atomic E-state index is -0.145. The van der Waals surface area contributed by atoms with E-state index in [1.54, 1.807) is 37.6 Å². The first-order valence-corrected chi connectivity index (χ1v) is 7.57. The molecule has 1 amide bonds. The van der Waals surface area contributed by atoms with Gasteiger partial charge in [-0.15, -0.1) is 11.3 Å². The van der Waals surface area contributed by atoms with Gasteiger partial charge in [0.15, 0.2) is 0 Å². The highest BCUT2D eigenvalue weighted by Gasteiger charge is 2.17. The third kappa shape index (κ3) is 3.55. The molecule has 7 heteroatoms. The molecule has 0 aliphatic carbocycles. The molecule has 0 saturated heterocycles. The molecule has 2 N–H and O–H groups in total. The zero-order valence-electron chi connectivity index (χ0n) is 12.8. The van der Waals surface area contributed by atoms with Crippen LogP contribution in [-0.4, -0.2) is 37.1 Å². The number of methoxy groups -OCH3 is 2. The Kier molecular flexibility index (Phi) is 5.35. The van der Waals surface area contributed by atoms with E-state index in [1.165, 1.54) is 11.3 Å². The lowest BCUT2D eigenvalue weighted by molar-refractivity contribution is 0.0779. The number of hydrogen-bond acceptors (Lipinski definition) is 6. The summed E-state index contributed by atoms with van der Waals surface area (Å²) in [4.78, 5) is 18.2. The van der Waals surface area contributed by atoms with E-state index >= 15 is 0 Å². The number of amides is 1.